The largest absolute Gasteiger partial charge is 0.378 e. The van der Waals surface area contributed by atoms with Gasteiger partial charge in [-0.15, -0.1) is 0 Å². The van der Waals surface area contributed by atoms with Crippen LogP contribution in [0.5, 0.6) is 0 Å². The lowest BCUT2D eigenvalue weighted by atomic mass is 9.98. The number of benzene rings is 2. The van der Waals surface area contributed by atoms with E-state index >= 15 is 0 Å². The number of morpholine rings is 1. The van der Waals surface area contributed by atoms with Crippen molar-refractivity contribution in [3.63, 3.8) is 0 Å². The average molecular weight is 458 g/mol. The van der Waals surface area contributed by atoms with Gasteiger partial charge in [-0.3, -0.25) is 9.59 Å². The predicted molar refractivity (Wildman–Crippen MR) is 120 cm³/mol. The standard InChI is InChI=1S/C23H27N3O5S/c27-22(18-7-6-12-26(17-18)32(29,30)19-8-2-1-3-9-19)24-21-11-5-4-10-20(21)23(28)25-13-15-31-16-14-25/h1-5,8-11,18H,6-7,12-17H2,(H,24,27). The van der Waals surface area contributed by atoms with Gasteiger partial charge in [-0.25, -0.2) is 8.42 Å². The van der Waals surface area contributed by atoms with Gasteiger partial charge < -0.3 is 15.0 Å². The fraction of sp³-hybridized carbons (Fsp3) is 0.391. The molecule has 2 heterocycles. The van der Waals surface area contributed by atoms with Crippen LogP contribution in [0.1, 0.15) is 23.2 Å². The number of piperidine rings is 1. The highest BCUT2D eigenvalue weighted by Crippen LogP contribution is 2.26. The Labute approximate surface area is 188 Å². The molecular weight excluding hydrogens is 430 g/mol. The van der Waals surface area contributed by atoms with E-state index in [1.807, 2.05) is 0 Å². The molecule has 2 amide bonds. The van der Waals surface area contributed by atoms with E-state index in [0.29, 0.717) is 56.9 Å². The molecule has 2 aliphatic rings. The van der Waals surface area contributed by atoms with Gasteiger partial charge in [0, 0.05) is 26.2 Å². The van der Waals surface area contributed by atoms with Crippen LogP contribution in [0.15, 0.2) is 59.5 Å². The molecule has 1 unspecified atom stereocenters. The summed E-state index contributed by atoms with van der Waals surface area (Å²) in [5.74, 6) is -0.921. The zero-order valence-electron chi connectivity index (χ0n) is 17.8. The summed E-state index contributed by atoms with van der Waals surface area (Å²) in [6.07, 6.45) is 1.19. The third kappa shape index (κ3) is 4.85. The number of rotatable bonds is 5. The first-order valence-corrected chi connectivity index (χ1v) is 12.2. The minimum absolute atomic E-state index is 0.114. The van der Waals surface area contributed by atoms with E-state index in [0.717, 1.165) is 0 Å². The van der Waals surface area contributed by atoms with Crippen molar-refractivity contribution in [2.45, 2.75) is 17.7 Å². The van der Waals surface area contributed by atoms with Crippen molar-refractivity contribution in [1.82, 2.24) is 9.21 Å². The molecule has 0 aliphatic carbocycles. The summed E-state index contributed by atoms with van der Waals surface area (Å²) in [6, 6.07) is 15.2. The molecule has 9 heteroatoms. The first-order chi connectivity index (χ1) is 15.5. The summed E-state index contributed by atoms with van der Waals surface area (Å²) in [7, 11) is -3.66. The minimum Gasteiger partial charge on any atom is -0.378 e. The molecule has 1 N–H and O–H groups in total. The number of para-hydroxylation sites is 1. The predicted octanol–water partition coefficient (Wildman–Crippen LogP) is 2.20. The number of hydrogen-bond donors (Lipinski definition) is 1. The summed E-state index contributed by atoms with van der Waals surface area (Å²) in [6.45, 7) is 2.50. The van der Waals surface area contributed by atoms with Crippen molar-refractivity contribution in [3.8, 4) is 0 Å². The molecule has 2 aliphatic heterocycles. The average Bonchev–Trinajstić information content (AvgIpc) is 2.85. The molecule has 32 heavy (non-hydrogen) atoms. The summed E-state index contributed by atoms with van der Waals surface area (Å²) < 4.78 is 32.6. The Bertz CT molecular complexity index is 1070. The van der Waals surface area contributed by atoms with Gasteiger partial charge in [-0.1, -0.05) is 30.3 Å². The van der Waals surface area contributed by atoms with Crippen molar-refractivity contribution in [1.29, 1.82) is 0 Å². The Kier molecular flexibility index (Phi) is 6.88. The molecule has 4 rings (SSSR count). The highest BCUT2D eigenvalue weighted by molar-refractivity contribution is 7.89. The normalized spacial score (nSPS) is 20.0. The highest BCUT2D eigenvalue weighted by atomic mass is 32.2. The van der Waals surface area contributed by atoms with E-state index < -0.39 is 15.9 Å². The van der Waals surface area contributed by atoms with Crippen molar-refractivity contribution in [2.24, 2.45) is 5.92 Å². The Balaban J connectivity index is 1.47. The first kappa shape index (κ1) is 22.4. The number of nitrogens with zero attached hydrogens (tertiary/aromatic N) is 2. The quantitative estimate of drug-likeness (QED) is 0.743. The van der Waals surface area contributed by atoms with Crippen molar-refractivity contribution in [2.75, 3.05) is 44.7 Å². The van der Waals surface area contributed by atoms with Crippen LogP contribution in [0.4, 0.5) is 5.69 Å². The summed E-state index contributed by atoms with van der Waals surface area (Å²) in [5, 5.41) is 2.87. The smallest absolute Gasteiger partial charge is 0.256 e. The van der Waals surface area contributed by atoms with E-state index in [-0.39, 0.29) is 23.3 Å². The Morgan fingerprint density at radius 1 is 0.938 bits per heavy atom. The molecule has 1 atom stereocenters. The number of ether oxygens (including phenoxy) is 1. The lowest BCUT2D eigenvalue weighted by Crippen LogP contribution is -2.44. The maximum absolute atomic E-state index is 13.1. The lowest BCUT2D eigenvalue weighted by molar-refractivity contribution is -0.120. The number of carbonyl (C=O) groups is 2. The lowest BCUT2D eigenvalue weighted by Gasteiger charge is -2.31. The van der Waals surface area contributed by atoms with Gasteiger partial charge in [0.15, 0.2) is 0 Å². The molecule has 0 radical (unpaired) electrons. The first-order valence-electron chi connectivity index (χ1n) is 10.8. The zero-order chi connectivity index (χ0) is 22.6. The monoisotopic (exact) mass is 457 g/mol. The molecule has 0 spiro atoms. The summed E-state index contributed by atoms with van der Waals surface area (Å²) >= 11 is 0. The Morgan fingerprint density at radius 2 is 1.62 bits per heavy atom. The number of carbonyl (C=O) groups excluding carboxylic acids is 2. The van der Waals surface area contributed by atoms with Gasteiger partial charge in [-0.05, 0) is 37.1 Å². The van der Waals surface area contributed by atoms with Crippen LogP contribution in [0.3, 0.4) is 0 Å². The number of anilines is 1. The van der Waals surface area contributed by atoms with Gasteiger partial charge in [0.25, 0.3) is 5.91 Å². The van der Waals surface area contributed by atoms with Gasteiger partial charge >= 0.3 is 0 Å². The van der Waals surface area contributed by atoms with Gasteiger partial charge in [0.05, 0.1) is 35.3 Å². The van der Waals surface area contributed by atoms with Crippen molar-refractivity contribution < 1.29 is 22.7 Å². The highest BCUT2D eigenvalue weighted by Gasteiger charge is 2.33. The molecule has 0 bridgehead atoms. The second-order valence-electron chi connectivity index (χ2n) is 7.95. The molecule has 8 nitrogen and oxygen atoms in total. The van der Waals surface area contributed by atoms with E-state index in [9.17, 15) is 18.0 Å². The SMILES string of the molecule is O=C(Nc1ccccc1C(=O)N1CCOCC1)C1CCCN(S(=O)(=O)c2ccccc2)C1. The van der Waals surface area contributed by atoms with Crippen LogP contribution in [-0.4, -0.2) is 68.8 Å². The van der Waals surface area contributed by atoms with Crippen molar-refractivity contribution >= 4 is 27.5 Å². The van der Waals surface area contributed by atoms with Crippen molar-refractivity contribution in [3.05, 3.63) is 60.2 Å². The molecule has 0 saturated carbocycles. The summed E-state index contributed by atoms with van der Waals surface area (Å²) in [4.78, 5) is 27.9. The molecular formula is C23H27N3O5S. The second-order valence-corrected chi connectivity index (χ2v) is 9.89. The van der Waals surface area contributed by atoms with Crippen LogP contribution < -0.4 is 5.32 Å². The molecule has 2 fully saturated rings. The van der Waals surface area contributed by atoms with Crippen LogP contribution in [-0.2, 0) is 19.6 Å². The van der Waals surface area contributed by atoms with Crippen LogP contribution in [0, 0.1) is 5.92 Å². The fourth-order valence-corrected chi connectivity index (χ4v) is 5.61. The molecule has 2 saturated heterocycles. The number of sulfonamides is 1. The van der Waals surface area contributed by atoms with E-state index in [1.54, 1.807) is 59.5 Å². The van der Waals surface area contributed by atoms with Crippen LogP contribution in [0.25, 0.3) is 0 Å². The summed E-state index contributed by atoms with van der Waals surface area (Å²) in [5.41, 5.74) is 0.865. The third-order valence-corrected chi connectivity index (χ3v) is 7.73. The third-order valence-electron chi connectivity index (χ3n) is 5.85. The molecule has 170 valence electrons. The van der Waals surface area contributed by atoms with E-state index in [1.165, 1.54) is 4.31 Å². The molecule has 2 aromatic rings. The molecule has 2 aromatic carbocycles. The fourth-order valence-electron chi connectivity index (χ4n) is 4.07. The number of nitrogens with one attached hydrogen (secondary N) is 1. The maximum atomic E-state index is 13.1. The Hall–Kier alpha value is -2.75. The van der Waals surface area contributed by atoms with Gasteiger partial charge in [0.1, 0.15) is 0 Å². The topological polar surface area (TPSA) is 96.0 Å². The maximum Gasteiger partial charge on any atom is 0.256 e. The van der Waals surface area contributed by atoms with Gasteiger partial charge in [0.2, 0.25) is 15.9 Å². The second kappa shape index (κ2) is 9.81. The zero-order valence-corrected chi connectivity index (χ0v) is 18.6. The van der Waals surface area contributed by atoms with E-state index in [2.05, 4.69) is 5.32 Å². The molecule has 0 aromatic heterocycles. The Morgan fingerprint density at radius 3 is 2.38 bits per heavy atom. The van der Waals surface area contributed by atoms with Crippen LogP contribution in [0.2, 0.25) is 0 Å². The number of hydrogen-bond acceptors (Lipinski definition) is 5. The van der Waals surface area contributed by atoms with Crippen LogP contribution >= 0.6 is 0 Å². The van der Waals surface area contributed by atoms with E-state index in [4.69, 9.17) is 4.74 Å². The minimum atomic E-state index is -3.66. The number of amides is 2. The van der Waals surface area contributed by atoms with Gasteiger partial charge in [-0.2, -0.15) is 4.31 Å².